The lowest BCUT2D eigenvalue weighted by Crippen LogP contribution is -2.07. The predicted octanol–water partition coefficient (Wildman–Crippen LogP) is 2.88. The fourth-order valence-electron chi connectivity index (χ4n) is 2.17. The molecule has 0 atom stereocenters. The molecule has 3 N–H and O–H groups in total. The number of hydrogen-bond donors (Lipinski definition) is 2. The van der Waals surface area contributed by atoms with Gasteiger partial charge in [0.1, 0.15) is 0 Å². The Kier molecular flexibility index (Phi) is 5.21. The van der Waals surface area contributed by atoms with Crippen LogP contribution < -0.4 is 15.2 Å². The number of rotatable bonds is 6. The first-order valence-corrected chi connectivity index (χ1v) is 7.03. The Hall–Kier alpha value is -3.28. The Labute approximate surface area is 139 Å². The third-order valence-electron chi connectivity index (χ3n) is 3.37. The summed E-state index contributed by atoms with van der Waals surface area (Å²) in [5.74, 6) is -0.522. The highest BCUT2D eigenvalue weighted by Gasteiger charge is 2.15. The highest BCUT2D eigenvalue weighted by atomic mass is 16.5. The minimum atomic E-state index is -1.20. The number of ether oxygens (including phenoxy) is 2. The zero-order valence-electron chi connectivity index (χ0n) is 13.3. The first-order chi connectivity index (χ1) is 11.5. The van der Waals surface area contributed by atoms with Gasteiger partial charge in [0.15, 0.2) is 17.3 Å². The van der Waals surface area contributed by atoms with E-state index < -0.39 is 11.8 Å². The van der Waals surface area contributed by atoms with E-state index >= 15 is 0 Å². The molecule has 6 heteroatoms. The Morgan fingerprint density at radius 1 is 1.00 bits per heavy atom. The van der Waals surface area contributed by atoms with Crippen molar-refractivity contribution in [3.63, 3.8) is 0 Å². The molecule has 24 heavy (non-hydrogen) atoms. The highest BCUT2D eigenvalue weighted by Crippen LogP contribution is 2.28. The van der Waals surface area contributed by atoms with E-state index in [1.54, 1.807) is 24.3 Å². The number of carboxylic acids is 1. The molecule has 0 aliphatic heterocycles. The lowest BCUT2D eigenvalue weighted by molar-refractivity contribution is 0.0693. The number of allylic oxidation sites excluding steroid dienone is 1. The van der Waals surface area contributed by atoms with E-state index in [2.05, 4.69) is 0 Å². The summed E-state index contributed by atoms with van der Waals surface area (Å²) in [5.41, 5.74) is 6.52. The van der Waals surface area contributed by atoms with Crippen LogP contribution in [-0.4, -0.2) is 31.1 Å². The van der Waals surface area contributed by atoms with E-state index in [0.29, 0.717) is 17.1 Å². The van der Waals surface area contributed by atoms with Crippen LogP contribution in [0.4, 0.5) is 5.69 Å². The highest BCUT2D eigenvalue weighted by molar-refractivity contribution is 6.12. The monoisotopic (exact) mass is 327 g/mol. The van der Waals surface area contributed by atoms with Gasteiger partial charge in [-0.2, -0.15) is 0 Å². The number of benzene rings is 2. The molecule has 0 radical (unpaired) electrons. The van der Waals surface area contributed by atoms with Crippen LogP contribution in [0.1, 0.15) is 26.3 Å². The average molecular weight is 327 g/mol. The third kappa shape index (κ3) is 3.73. The summed E-state index contributed by atoms with van der Waals surface area (Å²) >= 11 is 0. The van der Waals surface area contributed by atoms with Gasteiger partial charge in [0, 0.05) is 11.3 Å². The van der Waals surface area contributed by atoms with Crippen LogP contribution in [-0.2, 0) is 0 Å². The maximum atomic E-state index is 12.3. The number of carbonyl (C=O) groups is 2. The van der Waals surface area contributed by atoms with Crippen LogP contribution >= 0.6 is 0 Å². The van der Waals surface area contributed by atoms with Gasteiger partial charge in [-0.1, -0.05) is 12.1 Å². The second kappa shape index (κ2) is 7.32. The van der Waals surface area contributed by atoms with E-state index in [-0.39, 0.29) is 16.8 Å². The lowest BCUT2D eigenvalue weighted by Gasteiger charge is -2.07. The molecule has 2 aromatic rings. The van der Waals surface area contributed by atoms with Crippen molar-refractivity contribution >= 4 is 23.5 Å². The predicted molar refractivity (Wildman–Crippen MR) is 90.7 cm³/mol. The second-order valence-corrected chi connectivity index (χ2v) is 4.92. The van der Waals surface area contributed by atoms with Gasteiger partial charge in [0.05, 0.1) is 19.8 Å². The topological polar surface area (TPSA) is 98.9 Å². The summed E-state index contributed by atoms with van der Waals surface area (Å²) in [7, 11) is 3.05. The van der Waals surface area contributed by atoms with Crippen LogP contribution in [0.25, 0.3) is 6.08 Å². The van der Waals surface area contributed by atoms with Crippen LogP contribution in [0.3, 0.4) is 0 Å². The molecule has 124 valence electrons. The van der Waals surface area contributed by atoms with Crippen LogP contribution in [0, 0.1) is 0 Å². The molecule has 0 fully saturated rings. The zero-order valence-corrected chi connectivity index (χ0v) is 13.3. The SMILES string of the molecule is COc1ccc(C=CC(=O)c2ccc(N)cc2C(=O)O)cc1OC. The smallest absolute Gasteiger partial charge is 0.336 e. The largest absolute Gasteiger partial charge is 0.493 e. The fraction of sp³-hybridized carbons (Fsp3) is 0.111. The van der Waals surface area contributed by atoms with Gasteiger partial charge >= 0.3 is 5.97 Å². The number of carboxylic acid groups (broad SMARTS) is 1. The normalized spacial score (nSPS) is 10.6. The van der Waals surface area contributed by atoms with Crippen LogP contribution in [0.5, 0.6) is 11.5 Å². The molecule has 6 nitrogen and oxygen atoms in total. The summed E-state index contributed by atoms with van der Waals surface area (Å²) in [4.78, 5) is 23.5. The summed E-state index contributed by atoms with van der Waals surface area (Å²) in [6, 6.07) is 9.34. The van der Waals surface area contributed by atoms with Gasteiger partial charge < -0.3 is 20.3 Å². The van der Waals surface area contributed by atoms with Crippen molar-refractivity contribution in [3.8, 4) is 11.5 Å². The number of nitrogen functional groups attached to an aromatic ring is 1. The maximum Gasteiger partial charge on any atom is 0.336 e. The molecule has 0 spiro atoms. The van der Waals surface area contributed by atoms with E-state index in [4.69, 9.17) is 15.2 Å². The quantitative estimate of drug-likeness (QED) is 0.481. The van der Waals surface area contributed by atoms with Crippen molar-refractivity contribution in [2.24, 2.45) is 0 Å². The van der Waals surface area contributed by atoms with Gasteiger partial charge in [-0.15, -0.1) is 0 Å². The Morgan fingerprint density at radius 3 is 2.33 bits per heavy atom. The molecular weight excluding hydrogens is 310 g/mol. The van der Waals surface area contributed by atoms with Crippen molar-refractivity contribution in [2.45, 2.75) is 0 Å². The van der Waals surface area contributed by atoms with Crippen molar-refractivity contribution < 1.29 is 24.2 Å². The number of nitrogens with two attached hydrogens (primary N) is 1. The van der Waals surface area contributed by atoms with Crippen molar-refractivity contribution in [1.82, 2.24) is 0 Å². The molecule has 2 aromatic carbocycles. The molecular formula is C18H17NO5. The molecule has 0 amide bonds. The number of ketones is 1. The first-order valence-electron chi connectivity index (χ1n) is 7.03. The van der Waals surface area contributed by atoms with E-state index in [0.717, 1.165) is 0 Å². The summed E-state index contributed by atoms with van der Waals surface area (Å²) < 4.78 is 10.3. The van der Waals surface area contributed by atoms with Gasteiger partial charge in [0.25, 0.3) is 0 Å². The van der Waals surface area contributed by atoms with Crippen molar-refractivity contribution in [1.29, 1.82) is 0 Å². The molecule has 0 saturated carbocycles. The second-order valence-electron chi connectivity index (χ2n) is 4.92. The summed E-state index contributed by atoms with van der Waals surface area (Å²) in [5, 5.41) is 9.19. The van der Waals surface area contributed by atoms with Crippen molar-refractivity contribution in [3.05, 3.63) is 59.2 Å². The van der Waals surface area contributed by atoms with Gasteiger partial charge in [-0.05, 0) is 42.0 Å². The minimum Gasteiger partial charge on any atom is -0.493 e. The molecule has 0 saturated heterocycles. The molecule has 0 unspecified atom stereocenters. The first kappa shape index (κ1) is 17.1. The van der Waals surface area contributed by atoms with E-state index in [1.165, 1.54) is 38.5 Å². The van der Waals surface area contributed by atoms with Crippen LogP contribution in [0.15, 0.2) is 42.5 Å². The lowest BCUT2D eigenvalue weighted by atomic mass is 10.0. The summed E-state index contributed by atoms with van der Waals surface area (Å²) in [6.45, 7) is 0. The number of methoxy groups -OCH3 is 2. The Balaban J connectivity index is 2.30. The molecule has 0 aromatic heterocycles. The van der Waals surface area contributed by atoms with Crippen LogP contribution in [0.2, 0.25) is 0 Å². The van der Waals surface area contributed by atoms with Gasteiger partial charge in [-0.25, -0.2) is 4.79 Å². The molecule has 0 heterocycles. The van der Waals surface area contributed by atoms with E-state index in [9.17, 15) is 14.7 Å². The van der Waals surface area contributed by atoms with Gasteiger partial charge in [-0.3, -0.25) is 4.79 Å². The number of hydrogen-bond acceptors (Lipinski definition) is 5. The van der Waals surface area contributed by atoms with Crippen molar-refractivity contribution in [2.75, 3.05) is 20.0 Å². The number of carbonyl (C=O) groups excluding carboxylic acids is 1. The zero-order chi connectivity index (χ0) is 17.7. The van der Waals surface area contributed by atoms with Gasteiger partial charge in [0.2, 0.25) is 0 Å². The Bertz CT molecular complexity index is 811. The molecule has 0 aliphatic carbocycles. The molecule has 0 bridgehead atoms. The average Bonchev–Trinajstić information content (AvgIpc) is 2.59. The fourth-order valence-corrected chi connectivity index (χ4v) is 2.17. The molecule has 0 aliphatic rings. The minimum absolute atomic E-state index is 0.0772. The molecule has 2 rings (SSSR count). The maximum absolute atomic E-state index is 12.3. The standard InChI is InChI=1S/C18H17NO5/c1-23-16-8-4-11(9-17(16)24-2)3-7-15(20)13-6-5-12(19)10-14(13)18(21)22/h3-10H,19H2,1-2H3,(H,21,22). The Morgan fingerprint density at radius 2 is 1.71 bits per heavy atom. The van der Waals surface area contributed by atoms with E-state index in [1.807, 2.05) is 0 Å². The number of aromatic carboxylic acids is 1. The third-order valence-corrected chi connectivity index (χ3v) is 3.37. The number of anilines is 1. The summed E-state index contributed by atoms with van der Waals surface area (Å²) in [6.07, 6.45) is 2.88.